The van der Waals surface area contributed by atoms with Crippen molar-refractivity contribution in [2.75, 3.05) is 13.1 Å². The van der Waals surface area contributed by atoms with Crippen LogP contribution in [0.3, 0.4) is 0 Å². The Morgan fingerprint density at radius 3 is 2.62 bits per heavy atom. The predicted molar refractivity (Wildman–Crippen MR) is 63.5 cm³/mol. The van der Waals surface area contributed by atoms with E-state index in [9.17, 15) is 9.59 Å². The fraction of sp³-hybridized carbons (Fsp3) is 0.667. The number of rotatable bonds is 7. The van der Waals surface area contributed by atoms with Crippen LogP contribution in [-0.4, -0.2) is 24.9 Å². The molecular formula is C12H20N2O2. The Labute approximate surface area is 97.2 Å². The Morgan fingerprint density at radius 2 is 2.06 bits per heavy atom. The molecule has 0 spiro atoms. The minimum absolute atomic E-state index is 0.00300. The number of carbonyl (C=O) groups is 2. The lowest BCUT2D eigenvalue weighted by atomic mass is 10.0. The first-order valence-corrected chi connectivity index (χ1v) is 5.59. The van der Waals surface area contributed by atoms with Crippen molar-refractivity contribution in [3.05, 3.63) is 0 Å². The van der Waals surface area contributed by atoms with Crippen molar-refractivity contribution in [1.29, 1.82) is 0 Å². The maximum atomic E-state index is 11.5. The summed E-state index contributed by atoms with van der Waals surface area (Å²) in [6.07, 6.45) is 7.93. The third kappa shape index (κ3) is 6.88. The first-order chi connectivity index (χ1) is 7.61. The summed E-state index contributed by atoms with van der Waals surface area (Å²) in [5.41, 5.74) is 0. The molecule has 0 aliphatic rings. The summed E-state index contributed by atoms with van der Waals surface area (Å²) in [6.45, 7) is 4.14. The number of hydrogen-bond acceptors (Lipinski definition) is 2. The fourth-order valence-corrected chi connectivity index (χ4v) is 1.20. The highest BCUT2D eigenvalue weighted by atomic mass is 16.2. The molecule has 2 amide bonds. The van der Waals surface area contributed by atoms with Gasteiger partial charge in [-0.05, 0) is 6.42 Å². The molecule has 0 aliphatic carbocycles. The quantitative estimate of drug-likeness (QED) is 0.625. The minimum atomic E-state index is -0.256. The number of carbonyl (C=O) groups excluding carboxylic acids is 2. The second-order valence-corrected chi connectivity index (χ2v) is 3.74. The van der Waals surface area contributed by atoms with E-state index in [1.165, 1.54) is 0 Å². The predicted octanol–water partition coefficient (Wildman–Crippen LogP) is 0.678. The van der Waals surface area contributed by atoms with Crippen LogP contribution in [0.5, 0.6) is 0 Å². The van der Waals surface area contributed by atoms with Gasteiger partial charge in [-0.2, -0.15) is 0 Å². The van der Waals surface area contributed by atoms with Gasteiger partial charge < -0.3 is 10.6 Å². The van der Waals surface area contributed by atoms with Crippen molar-refractivity contribution in [2.45, 2.75) is 33.1 Å². The van der Waals surface area contributed by atoms with Gasteiger partial charge in [0.25, 0.3) is 0 Å². The molecule has 0 aromatic heterocycles. The van der Waals surface area contributed by atoms with Crippen molar-refractivity contribution < 1.29 is 9.59 Å². The molecule has 2 N–H and O–H groups in total. The Kier molecular flexibility index (Phi) is 7.96. The second-order valence-electron chi connectivity index (χ2n) is 3.74. The third-order valence-electron chi connectivity index (χ3n) is 2.25. The largest absolute Gasteiger partial charge is 0.347 e. The van der Waals surface area contributed by atoms with Gasteiger partial charge in [0.15, 0.2) is 0 Å². The van der Waals surface area contributed by atoms with Crippen molar-refractivity contribution in [3.63, 3.8) is 0 Å². The molecule has 0 heterocycles. The highest BCUT2D eigenvalue weighted by molar-refractivity contribution is 5.85. The van der Waals surface area contributed by atoms with Crippen LogP contribution in [-0.2, 0) is 9.59 Å². The van der Waals surface area contributed by atoms with Gasteiger partial charge in [0.2, 0.25) is 11.8 Å². The van der Waals surface area contributed by atoms with Gasteiger partial charge in [-0.1, -0.05) is 32.6 Å². The second kappa shape index (κ2) is 8.78. The van der Waals surface area contributed by atoms with Crippen molar-refractivity contribution in [3.8, 4) is 12.3 Å². The molecule has 0 saturated carbocycles. The molecule has 4 nitrogen and oxygen atoms in total. The van der Waals surface area contributed by atoms with E-state index in [0.29, 0.717) is 0 Å². The zero-order valence-electron chi connectivity index (χ0n) is 10.0. The van der Waals surface area contributed by atoms with E-state index in [4.69, 9.17) is 6.42 Å². The summed E-state index contributed by atoms with van der Waals surface area (Å²) in [7, 11) is 0. The summed E-state index contributed by atoms with van der Waals surface area (Å²) in [6, 6.07) is 0. The lowest BCUT2D eigenvalue weighted by Crippen LogP contribution is -2.39. The van der Waals surface area contributed by atoms with Crippen molar-refractivity contribution in [2.24, 2.45) is 5.92 Å². The summed E-state index contributed by atoms with van der Waals surface area (Å²) < 4.78 is 0. The molecule has 1 atom stereocenters. The van der Waals surface area contributed by atoms with Crippen LogP contribution in [0, 0.1) is 18.3 Å². The van der Waals surface area contributed by atoms with Crippen LogP contribution in [0.1, 0.15) is 33.1 Å². The van der Waals surface area contributed by atoms with Gasteiger partial charge in [-0.25, -0.2) is 0 Å². The monoisotopic (exact) mass is 224 g/mol. The Morgan fingerprint density at radius 1 is 1.38 bits per heavy atom. The van der Waals surface area contributed by atoms with Crippen LogP contribution < -0.4 is 10.6 Å². The number of unbranched alkanes of at least 4 members (excludes halogenated alkanes) is 1. The first-order valence-electron chi connectivity index (χ1n) is 5.59. The molecule has 0 aromatic carbocycles. The lowest BCUT2D eigenvalue weighted by Gasteiger charge is -2.11. The zero-order chi connectivity index (χ0) is 12.4. The average molecular weight is 224 g/mol. The summed E-state index contributed by atoms with van der Waals surface area (Å²) in [5.74, 6) is 1.92. The molecule has 90 valence electrons. The van der Waals surface area contributed by atoms with Crippen LogP contribution in [0.4, 0.5) is 0 Å². The summed E-state index contributed by atoms with van der Waals surface area (Å²) >= 11 is 0. The summed E-state index contributed by atoms with van der Waals surface area (Å²) in [5, 5.41) is 5.06. The number of amides is 2. The maximum absolute atomic E-state index is 11.5. The van der Waals surface area contributed by atoms with E-state index >= 15 is 0 Å². The minimum Gasteiger partial charge on any atom is -0.347 e. The standard InChI is InChI=1S/C12H20N2O2/c1-4-6-7-10(3)12(16)14-9-11(15)13-8-5-2/h2,10H,4,6-9H2,1,3H3,(H,13,15)(H,14,16). The van der Waals surface area contributed by atoms with Crippen LogP contribution in [0.2, 0.25) is 0 Å². The van der Waals surface area contributed by atoms with Crippen LogP contribution >= 0.6 is 0 Å². The van der Waals surface area contributed by atoms with E-state index in [0.717, 1.165) is 19.3 Å². The number of terminal acetylenes is 1. The smallest absolute Gasteiger partial charge is 0.240 e. The molecule has 1 unspecified atom stereocenters. The maximum Gasteiger partial charge on any atom is 0.240 e. The van der Waals surface area contributed by atoms with Gasteiger partial charge in [0.1, 0.15) is 0 Å². The highest BCUT2D eigenvalue weighted by Gasteiger charge is 2.12. The van der Waals surface area contributed by atoms with E-state index in [1.807, 2.05) is 6.92 Å². The van der Waals surface area contributed by atoms with Gasteiger partial charge in [0, 0.05) is 5.92 Å². The molecule has 0 fully saturated rings. The van der Waals surface area contributed by atoms with Crippen molar-refractivity contribution >= 4 is 11.8 Å². The number of hydrogen-bond donors (Lipinski definition) is 2. The first kappa shape index (κ1) is 14.5. The Bertz CT molecular complexity index is 269. The molecule has 0 aliphatic heterocycles. The normalized spacial score (nSPS) is 11.3. The van der Waals surface area contributed by atoms with Crippen molar-refractivity contribution in [1.82, 2.24) is 10.6 Å². The fourth-order valence-electron chi connectivity index (χ4n) is 1.20. The molecule has 0 bridgehead atoms. The molecule has 0 radical (unpaired) electrons. The zero-order valence-corrected chi connectivity index (χ0v) is 10.0. The topological polar surface area (TPSA) is 58.2 Å². The highest BCUT2D eigenvalue weighted by Crippen LogP contribution is 2.06. The SMILES string of the molecule is C#CCNC(=O)CNC(=O)C(C)CCCC. The van der Waals surface area contributed by atoms with E-state index in [2.05, 4.69) is 23.5 Å². The van der Waals surface area contributed by atoms with E-state index in [-0.39, 0.29) is 30.8 Å². The number of nitrogens with one attached hydrogen (secondary N) is 2. The Hall–Kier alpha value is -1.50. The van der Waals surface area contributed by atoms with E-state index < -0.39 is 0 Å². The lowest BCUT2D eigenvalue weighted by molar-refractivity contribution is -0.128. The van der Waals surface area contributed by atoms with E-state index in [1.54, 1.807) is 0 Å². The molecular weight excluding hydrogens is 204 g/mol. The van der Waals surface area contributed by atoms with Gasteiger partial charge in [0.05, 0.1) is 13.1 Å². The van der Waals surface area contributed by atoms with Gasteiger partial charge in [-0.3, -0.25) is 9.59 Å². The molecule has 0 aromatic rings. The Balaban J connectivity index is 3.71. The van der Waals surface area contributed by atoms with Gasteiger partial charge in [-0.15, -0.1) is 6.42 Å². The molecule has 0 saturated heterocycles. The molecule has 0 rings (SSSR count). The van der Waals surface area contributed by atoms with Gasteiger partial charge >= 0.3 is 0 Å². The van der Waals surface area contributed by atoms with Crippen LogP contribution in [0.15, 0.2) is 0 Å². The average Bonchev–Trinajstić information content (AvgIpc) is 2.30. The molecule has 16 heavy (non-hydrogen) atoms. The van der Waals surface area contributed by atoms with Crippen LogP contribution in [0.25, 0.3) is 0 Å². The third-order valence-corrected chi connectivity index (χ3v) is 2.25. The summed E-state index contributed by atoms with van der Waals surface area (Å²) in [4.78, 5) is 22.6. The molecule has 4 heteroatoms.